The van der Waals surface area contributed by atoms with Gasteiger partial charge in [0.1, 0.15) is 6.10 Å². The Kier molecular flexibility index (Phi) is 4.18. The van der Waals surface area contributed by atoms with Crippen LogP contribution in [0, 0.1) is 0 Å². The predicted octanol–water partition coefficient (Wildman–Crippen LogP) is -0.469. The predicted molar refractivity (Wildman–Crippen MR) is 34.1 cm³/mol. The first kappa shape index (κ1) is 8.17. The molecule has 0 aliphatic carbocycles. The number of hydrogen-bond acceptors (Lipinski definition) is 3. The van der Waals surface area contributed by atoms with Crippen molar-refractivity contribution in [2.45, 2.75) is 6.10 Å². The summed E-state index contributed by atoms with van der Waals surface area (Å²) in [5.74, 6) is 0. The lowest BCUT2D eigenvalue weighted by atomic mass is 10.2. The standard InChI is InChI=1S/C4H10N2O.ClH/c1-5-7-4-2-6-3-4;/h4-6H,2-3H2,1H3;1H. The Hall–Kier alpha value is 0.170. The summed E-state index contributed by atoms with van der Waals surface area (Å²) in [6, 6.07) is 0. The van der Waals surface area contributed by atoms with Crippen LogP contribution in [-0.4, -0.2) is 26.2 Å². The molecule has 2 N–H and O–H groups in total. The molecule has 0 atom stereocenters. The molecule has 0 unspecified atom stereocenters. The van der Waals surface area contributed by atoms with E-state index in [0.717, 1.165) is 13.1 Å². The van der Waals surface area contributed by atoms with E-state index in [1.807, 2.05) is 0 Å². The van der Waals surface area contributed by atoms with Gasteiger partial charge in [0.25, 0.3) is 0 Å². The molecule has 0 aromatic carbocycles. The third-order valence-electron chi connectivity index (χ3n) is 1.03. The molecule has 1 fully saturated rings. The van der Waals surface area contributed by atoms with Crippen molar-refractivity contribution < 1.29 is 4.84 Å². The number of hydroxylamine groups is 1. The lowest BCUT2D eigenvalue weighted by molar-refractivity contribution is -0.0381. The molecule has 1 aliphatic rings. The second kappa shape index (κ2) is 4.09. The van der Waals surface area contributed by atoms with E-state index in [-0.39, 0.29) is 12.4 Å². The molecule has 0 amide bonds. The molecule has 0 aromatic heterocycles. The summed E-state index contributed by atoms with van der Waals surface area (Å²) in [6.07, 6.45) is 0.407. The molecular weight excluding hydrogens is 128 g/mol. The quantitative estimate of drug-likeness (QED) is 0.507. The Balaban J connectivity index is 0.000000490. The maximum atomic E-state index is 4.97. The fourth-order valence-electron chi connectivity index (χ4n) is 0.512. The van der Waals surface area contributed by atoms with E-state index in [1.165, 1.54) is 0 Å². The summed E-state index contributed by atoms with van der Waals surface area (Å²) >= 11 is 0. The van der Waals surface area contributed by atoms with Gasteiger partial charge in [-0.25, -0.2) is 5.48 Å². The van der Waals surface area contributed by atoms with Crippen LogP contribution in [0.15, 0.2) is 0 Å². The second-order valence-electron chi connectivity index (χ2n) is 1.60. The van der Waals surface area contributed by atoms with Crippen molar-refractivity contribution in [1.82, 2.24) is 10.8 Å². The van der Waals surface area contributed by atoms with E-state index in [9.17, 15) is 0 Å². The lowest BCUT2D eigenvalue weighted by Crippen LogP contribution is -2.50. The summed E-state index contributed by atoms with van der Waals surface area (Å²) in [5.41, 5.74) is 2.63. The fraction of sp³-hybridized carbons (Fsp3) is 1.00. The lowest BCUT2D eigenvalue weighted by Gasteiger charge is -2.25. The first-order valence-corrected chi connectivity index (χ1v) is 2.46. The van der Waals surface area contributed by atoms with Gasteiger partial charge in [-0.1, -0.05) is 0 Å². The first-order chi connectivity index (χ1) is 3.43. The molecule has 1 saturated heterocycles. The van der Waals surface area contributed by atoms with Gasteiger partial charge in [-0.15, -0.1) is 12.4 Å². The average molecular weight is 139 g/mol. The van der Waals surface area contributed by atoms with Gasteiger partial charge >= 0.3 is 0 Å². The Morgan fingerprint density at radius 2 is 2.25 bits per heavy atom. The molecule has 1 heterocycles. The molecule has 1 aliphatic heterocycles. The minimum Gasteiger partial charge on any atom is -0.311 e. The number of hydrogen-bond donors (Lipinski definition) is 2. The summed E-state index contributed by atoms with van der Waals surface area (Å²) in [6.45, 7) is 1.97. The summed E-state index contributed by atoms with van der Waals surface area (Å²) in [5, 5.41) is 3.08. The number of rotatable bonds is 2. The highest BCUT2D eigenvalue weighted by molar-refractivity contribution is 5.85. The van der Waals surface area contributed by atoms with E-state index in [0.29, 0.717) is 6.10 Å². The van der Waals surface area contributed by atoms with Crippen molar-refractivity contribution in [3.63, 3.8) is 0 Å². The van der Waals surface area contributed by atoms with Gasteiger partial charge in [0.2, 0.25) is 0 Å². The highest BCUT2D eigenvalue weighted by Gasteiger charge is 2.15. The van der Waals surface area contributed by atoms with Crippen LogP contribution in [0.2, 0.25) is 0 Å². The van der Waals surface area contributed by atoms with E-state index in [4.69, 9.17) is 4.84 Å². The first-order valence-electron chi connectivity index (χ1n) is 2.46. The van der Waals surface area contributed by atoms with Crippen molar-refractivity contribution in [3.8, 4) is 0 Å². The van der Waals surface area contributed by atoms with Crippen LogP contribution in [0.5, 0.6) is 0 Å². The van der Waals surface area contributed by atoms with Crippen LogP contribution in [0.4, 0.5) is 0 Å². The maximum Gasteiger partial charge on any atom is 0.104 e. The molecule has 0 radical (unpaired) electrons. The fourth-order valence-corrected chi connectivity index (χ4v) is 0.512. The van der Waals surface area contributed by atoms with Gasteiger partial charge in [0, 0.05) is 20.1 Å². The third-order valence-corrected chi connectivity index (χ3v) is 1.03. The van der Waals surface area contributed by atoms with Crippen LogP contribution in [0.25, 0.3) is 0 Å². The minimum absolute atomic E-state index is 0. The topological polar surface area (TPSA) is 33.3 Å². The summed E-state index contributed by atoms with van der Waals surface area (Å²) < 4.78 is 0. The zero-order valence-electron chi connectivity index (χ0n) is 4.81. The van der Waals surface area contributed by atoms with Crippen molar-refractivity contribution >= 4 is 12.4 Å². The Bertz CT molecular complexity index is 58.0. The van der Waals surface area contributed by atoms with E-state index < -0.39 is 0 Å². The Morgan fingerprint density at radius 1 is 1.62 bits per heavy atom. The second-order valence-corrected chi connectivity index (χ2v) is 1.60. The average Bonchev–Trinajstić information content (AvgIpc) is 1.55. The smallest absolute Gasteiger partial charge is 0.104 e. The molecule has 0 spiro atoms. The maximum absolute atomic E-state index is 4.97. The molecule has 4 heteroatoms. The van der Waals surface area contributed by atoms with Gasteiger partial charge < -0.3 is 5.32 Å². The zero-order valence-corrected chi connectivity index (χ0v) is 5.62. The highest BCUT2D eigenvalue weighted by Crippen LogP contribution is 1.92. The molecular formula is C4H11ClN2O. The van der Waals surface area contributed by atoms with Crippen LogP contribution in [-0.2, 0) is 4.84 Å². The molecule has 8 heavy (non-hydrogen) atoms. The molecule has 1 rings (SSSR count). The SMILES string of the molecule is CNOC1CNC1.Cl. The van der Waals surface area contributed by atoms with Gasteiger partial charge in [-0.2, -0.15) is 0 Å². The monoisotopic (exact) mass is 138 g/mol. The van der Waals surface area contributed by atoms with Crippen LogP contribution in [0.1, 0.15) is 0 Å². The number of halogens is 1. The molecule has 50 valence electrons. The van der Waals surface area contributed by atoms with Crippen LogP contribution >= 0.6 is 12.4 Å². The normalized spacial score (nSPS) is 19.1. The summed E-state index contributed by atoms with van der Waals surface area (Å²) in [4.78, 5) is 4.97. The van der Waals surface area contributed by atoms with Crippen molar-refractivity contribution in [3.05, 3.63) is 0 Å². The number of nitrogens with one attached hydrogen (secondary N) is 2. The van der Waals surface area contributed by atoms with E-state index in [1.54, 1.807) is 7.05 Å². The van der Waals surface area contributed by atoms with E-state index in [2.05, 4.69) is 10.8 Å². The van der Waals surface area contributed by atoms with Crippen LogP contribution in [0.3, 0.4) is 0 Å². The van der Waals surface area contributed by atoms with Crippen molar-refractivity contribution in [1.29, 1.82) is 0 Å². The van der Waals surface area contributed by atoms with Gasteiger partial charge in [0.05, 0.1) is 0 Å². The summed E-state index contributed by atoms with van der Waals surface area (Å²) in [7, 11) is 1.78. The molecule has 0 bridgehead atoms. The van der Waals surface area contributed by atoms with Crippen molar-refractivity contribution in [2.75, 3.05) is 20.1 Å². The zero-order chi connectivity index (χ0) is 5.11. The van der Waals surface area contributed by atoms with Crippen molar-refractivity contribution in [2.24, 2.45) is 0 Å². The molecule has 0 aromatic rings. The van der Waals surface area contributed by atoms with Crippen LogP contribution < -0.4 is 10.8 Å². The molecule has 3 nitrogen and oxygen atoms in total. The third kappa shape index (κ3) is 1.96. The highest BCUT2D eigenvalue weighted by atomic mass is 35.5. The van der Waals surface area contributed by atoms with Gasteiger partial charge in [0.15, 0.2) is 0 Å². The largest absolute Gasteiger partial charge is 0.311 e. The van der Waals surface area contributed by atoms with E-state index >= 15 is 0 Å². The minimum atomic E-state index is 0. The van der Waals surface area contributed by atoms with Gasteiger partial charge in [-0.05, 0) is 0 Å². The molecule has 0 saturated carbocycles. The Morgan fingerprint density at radius 3 is 2.38 bits per heavy atom. The Labute approximate surface area is 55.1 Å². The van der Waals surface area contributed by atoms with Gasteiger partial charge in [-0.3, -0.25) is 4.84 Å².